The molecule has 0 atom stereocenters. The SMILES string of the molecule is CC(C)C(=O)NCc1cccc(C(=O)N(CCOC(=O)CO)CCOC(=O)CO)c1. The van der Waals surface area contributed by atoms with E-state index in [1.54, 1.807) is 38.1 Å². The molecular formula is C20H28N2O8. The fourth-order valence-corrected chi connectivity index (χ4v) is 2.34. The van der Waals surface area contributed by atoms with Crippen LogP contribution in [0.2, 0.25) is 0 Å². The molecule has 0 saturated heterocycles. The van der Waals surface area contributed by atoms with Gasteiger partial charge in [-0.05, 0) is 17.7 Å². The quantitative estimate of drug-likeness (QED) is 0.380. The molecule has 1 aromatic rings. The van der Waals surface area contributed by atoms with Crippen molar-refractivity contribution in [3.05, 3.63) is 35.4 Å². The van der Waals surface area contributed by atoms with Gasteiger partial charge in [0, 0.05) is 18.0 Å². The minimum Gasteiger partial charge on any atom is -0.462 e. The van der Waals surface area contributed by atoms with E-state index in [1.807, 2.05) is 0 Å². The fraction of sp³-hybridized carbons (Fsp3) is 0.500. The van der Waals surface area contributed by atoms with E-state index in [-0.39, 0.29) is 44.7 Å². The normalized spacial score (nSPS) is 10.4. The van der Waals surface area contributed by atoms with Crippen molar-refractivity contribution in [2.75, 3.05) is 39.5 Å². The van der Waals surface area contributed by atoms with Crippen molar-refractivity contribution in [3.63, 3.8) is 0 Å². The van der Waals surface area contributed by atoms with Gasteiger partial charge in [0.25, 0.3) is 5.91 Å². The number of aliphatic hydroxyl groups excluding tert-OH is 2. The number of amides is 2. The highest BCUT2D eigenvalue weighted by atomic mass is 16.5. The molecule has 0 aliphatic rings. The number of rotatable bonds is 12. The topological polar surface area (TPSA) is 142 Å². The van der Waals surface area contributed by atoms with Crippen LogP contribution in [-0.2, 0) is 30.4 Å². The summed E-state index contributed by atoms with van der Waals surface area (Å²) in [5, 5.41) is 20.2. The van der Waals surface area contributed by atoms with Crippen molar-refractivity contribution in [2.45, 2.75) is 20.4 Å². The van der Waals surface area contributed by atoms with E-state index in [4.69, 9.17) is 19.7 Å². The molecular weight excluding hydrogens is 396 g/mol. The minimum atomic E-state index is -0.822. The van der Waals surface area contributed by atoms with Gasteiger partial charge in [-0.15, -0.1) is 0 Å². The third-order valence-electron chi connectivity index (χ3n) is 3.96. The Balaban J connectivity index is 2.81. The van der Waals surface area contributed by atoms with Crippen LogP contribution in [0.25, 0.3) is 0 Å². The number of benzene rings is 1. The second kappa shape index (κ2) is 13.3. The molecule has 10 heteroatoms. The van der Waals surface area contributed by atoms with Crippen LogP contribution in [0, 0.1) is 5.92 Å². The lowest BCUT2D eigenvalue weighted by Crippen LogP contribution is -2.37. The molecule has 0 aliphatic carbocycles. The number of hydrogen-bond donors (Lipinski definition) is 3. The zero-order valence-electron chi connectivity index (χ0n) is 17.1. The Morgan fingerprint density at radius 2 is 1.57 bits per heavy atom. The van der Waals surface area contributed by atoms with Crippen LogP contribution >= 0.6 is 0 Å². The molecule has 0 saturated carbocycles. The highest BCUT2D eigenvalue weighted by Gasteiger charge is 2.18. The number of nitrogens with zero attached hydrogens (tertiary/aromatic N) is 1. The number of carbonyl (C=O) groups excluding carboxylic acids is 4. The second-order valence-electron chi connectivity index (χ2n) is 6.62. The predicted octanol–water partition coefficient (Wildman–Crippen LogP) is -0.528. The lowest BCUT2D eigenvalue weighted by Gasteiger charge is -2.23. The van der Waals surface area contributed by atoms with Crippen LogP contribution in [0.3, 0.4) is 0 Å². The van der Waals surface area contributed by atoms with Crippen LogP contribution in [0.5, 0.6) is 0 Å². The van der Waals surface area contributed by atoms with Crippen LogP contribution in [0.1, 0.15) is 29.8 Å². The summed E-state index contributed by atoms with van der Waals surface area (Å²) in [5.74, 6) is -2.31. The van der Waals surface area contributed by atoms with Gasteiger partial charge in [0.2, 0.25) is 5.91 Å². The summed E-state index contributed by atoms with van der Waals surface area (Å²) in [6.45, 7) is 2.00. The maximum absolute atomic E-state index is 12.9. The van der Waals surface area contributed by atoms with Gasteiger partial charge in [-0.25, -0.2) is 9.59 Å². The Bertz CT molecular complexity index is 713. The predicted molar refractivity (Wildman–Crippen MR) is 105 cm³/mol. The first-order valence-electron chi connectivity index (χ1n) is 9.47. The molecule has 3 N–H and O–H groups in total. The summed E-state index contributed by atoms with van der Waals surface area (Å²) < 4.78 is 9.58. The zero-order chi connectivity index (χ0) is 22.5. The molecule has 0 aromatic heterocycles. The number of esters is 2. The molecule has 0 unspecified atom stereocenters. The maximum Gasteiger partial charge on any atom is 0.331 e. The summed E-state index contributed by atoms with van der Waals surface area (Å²) in [6.07, 6.45) is 0. The van der Waals surface area contributed by atoms with Crippen molar-refractivity contribution >= 4 is 23.8 Å². The number of hydrogen-bond acceptors (Lipinski definition) is 8. The fourth-order valence-electron chi connectivity index (χ4n) is 2.34. The van der Waals surface area contributed by atoms with Crippen molar-refractivity contribution in [3.8, 4) is 0 Å². The monoisotopic (exact) mass is 424 g/mol. The summed E-state index contributed by atoms with van der Waals surface area (Å²) in [6, 6.07) is 6.69. The van der Waals surface area contributed by atoms with Crippen molar-refractivity contribution in [1.29, 1.82) is 0 Å². The van der Waals surface area contributed by atoms with Gasteiger partial charge in [-0.2, -0.15) is 0 Å². The van der Waals surface area contributed by atoms with E-state index in [0.717, 1.165) is 5.56 Å². The summed E-state index contributed by atoms with van der Waals surface area (Å²) >= 11 is 0. The van der Waals surface area contributed by atoms with E-state index in [1.165, 1.54) is 4.90 Å². The first-order valence-corrected chi connectivity index (χ1v) is 9.47. The minimum absolute atomic E-state index is 0.00949. The third kappa shape index (κ3) is 9.01. The second-order valence-corrected chi connectivity index (χ2v) is 6.62. The lowest BCUT2D eigenvalue weighted by atomic mass is 10.1. The zero-order valence-corrected chi connectivity index (χ0v) is 17.1. The average molecular weight is 424 g/mol. The molecule has 10 nitrogen and oxygen atoms in total. The molecule has 1 rings (SSSR count). The summed E-state index contributed by atoms with van der Waals surface area (Å²) in [7, 11) is 0. The molecule has 0 aliphatic heterocycles. The Morgan fingerprint density at radius 1 is 1.00 bits per heavy atom. The van der Waals surface area contributed by atoms with Crippen molar-refractivity contribution in [1.82, 2.24) is 10.2 Å². The van der Waals surface area contributed by atoms with Gasteiger partial charge in [-0.3, -0.25) is 9.59 Å². The highest BCUT2D eigenvalue weighted by Crippen LogP contribution is 2.10. The van der Waals surface area contributed by atoms with Gasteiger partial charge < -0.3 is 29.9 Å². The standard InChI is InChI=1S/C20H28N2O8/c1-14(2)19(27)21-11-15-4-3-5-16(10-15)20(28)22(6-8-29-17(25)12-23)7-9-30-18(26)13-24/h3-5,10,14,23-24H,6-9,11-13H2,1-2H3,(H,21,27). The summed E-state index contributed by atoms with van der Waals surface area (Å²) in [5.41, 5.74) is 1.07. The smallest absolute Gasteiger partial charge is 0.331 e. The molecule has 30 heavy (non-hydrogen) atoms. The molecule has 0 radical (unpaired) electrons. The molecule has 0 spiro atoms. The van der Waals surface area contributed by atoms with Gasteiger partial charge >= 0.3 is 11.9 Å². The van der Waals surface area contributed by atoms with Crippen LogP contribution in [0.15, 0.2) is 24.3 Å². The Morgan fingerprint density at radius 3 is 2.07 bits per heavy atom. The largest absolute Gasteiger partial charge is 0.462 e. The summed E-state index contributed by atoms with van der Waals surface area (Å²) in [4.78, 5) is 48.1. The van der Waals surface area contributed by atoms with E-state index in [9.17, 15) is 19.2 Å². The maximum atomic E-state index is 12.9. The number of aliphatic hydroxyl groups is 2. The van der Waals surface area contributed by atoms with Gasteiger partial charge in [0.05, 0.1) is 13.1 Å². The first-order chi connectivity index (χ1) is 14.3. The number of carbonyl (C=O) groups is 4. The van der Waals surface area contributed by atoms with Gasteiger partial charge in [-0.1, -0.05) is 26.0 Å². The van der Waals surface area contributed by atoms with Gasteiger partial charge in [0.15, 0.2) is 0 Å². The highest BCUT2D eigenvalue weighted by molar-refractivity contribution is 5.94. The first kappa shape index (κ1) is 25.1. The van der Waals surface area contributed by atoms with E-state index < -0.39 is 31.1 Å². The Labute approximate surface area is 174 Å². The van der Waals surface area contributed by atoms with E-state index in [0.29, 0.717) is 5.56 Å². The van der Waals surface area contributed by atoms with Gasteiger partial charge in [0.1, 0.15) is 26.4 Å². The average Bonchev–Trinajstić information content (AvgIpc) is 2.75. The van der Waals surface area contributed by atoms with Crippen molar-refractivity contribution < 1.29 is 38.9 Å². The van der Waals surface area contributed by atoms with Crippen molar-refractivity contribution in [2.24, 2.45) is 5.92 Å². The molecule has 2 amide bonds. The lowest BCUT2D eigenvalue weighted by molar-refractivity contribution is -0.147. The van der Waals surface area contributed by atoms with Crippen LogP contribution in [-0.4, -0.2) is 78.4 Å². The van der Waals surface area contributed by atoms with E-state index in [2.05, 4.69) is 5.32 Å². The Kier molecular flexibility index (Phi) is 11.1. The molecule has 0 heterocycles. The van der Waals surface area contributed by atoms with E-state index >= 15 is 0 Å². The Hall–Kier alpha value is -2.98. The number of ether oxygens (including phenoxy) is 2. The molecule has 0 bridgehead atoms. The third-order valence-corrected chi connectivity index (χ3v) is 3.96. The van der Waals surface area contributed by atoms with Crippen LogP contribution < -0.4 is 5.32 Å². The molecule has 1 aromatic carbocycles. The molecule has 166 valence electrons. The number of nitrogens with one attached hydrogen (secondary N) is 1. The van der Waals surface area contributed by atoms with Crippen LogP contribution in [0.4, 0.5) is 0 Å². The molecule has 0 fully saturated rings.